The Kier molecular flexibility index (Phi) is 7.28. The normalized spacial score (nSPS) is 15.5. The molecule has 0 aliphatic carbocycles. The first-order chi connectivity index (χ1) is 14.0. The van der Waals surface area contributed by atoms with Gasteiger partial charge in [-0.2, -0.15) is 4.31 Å². The lowest BCUT2D eigenvalue weighted by Gasteiger charge is -2.20. The highest BCUT2D eigenvalue weighted by Crippen LogP contribution is 2.22. The van der Waals surface area contributed by atoms with Gasteiger partial charge < -0.3 is 10.1 Å². The molecule has 0 saturated carbocycles. The number of rotatable bonds is 7. The summed E-state index contributed by atoms with van der Waals surface area (Å²) in [6.45, 7) is 3.67. The van der Waals surface area contributed by atoms with Gasteiger partial charge in [-0.1, -0.05) is 25.0 Å². The summed E-state index contributed by atoms with van der Waals surface area (Å²) < 4.78 is 32.6. The Bertz CT molecular complexity index is 901. The van der Waals surface area contributed by atoms with Crippen LogP contribution < -0.4 is 10.1 Å². The van der Waals surface area contributed by atoms with Gasteiger partial charge in [0.15, 0.2) is 0 Å². The van der Waals surface area contributed by atoms with Crippen molar-refractivity contribution in [1.82, 2.24) is 4.31 Å². The van der Waals surface area contributed by atoms with E-state index in [4.69, 9.17) is 4.74 Å². The van der Waals surface area contributed by atoms with Crippen LogP contribution in [0.2, 0.25) is 0 Å². The molecule has 0 spiro atoms. The van der Waals surface area contributed by atoms with E-state index in [0.717, 1.165) is 37.0 Å². The number of sulfonamides is 1. The molecule has 6 nitrogen and oxygen atoms in total. The van der Waals surface area contributed by atoms with Crippen molar-refractivity contribution in [2.75, 3.05) is 25.0 Å². The first-order valence-electron chi connectivity index (χ1n) is 10.1. The monoisotopic (exact) mass is 416 g/mol. The number of benzene rings is 2. The molecule has 1 saturated heterocycles. The molecule has 7 heteroatoms. The minimum absolute atomic E-state index is 0.155. The lowest BCUT2D eigenvalue weighted by atomic mass is 10.1. The second-order valence-corrected chi connectivity index (χ2v) is 9.08. The highest BCUT2D eigenvalue weighted by molar-refractivity contribution is 7.89. The number of carbonyl (C=O) groups excluding carboxylic acids is 1. The predicted octanol–water partition coefficient (Wildman–Crippen LogP) is 3.83. The van der Waals surface area contributed by atoms with Gasteiger partial charge in [0.05, 0.1) is 17.9 Å². The maximum atomic E-state index is 12.8. The van der Waals surface area contributed by atoms with Crippen molar-refractivity contribution < 1.29 is 17.9 Å². The van der Waals surface area contributed by atoms with Crippen molar-refractivity contribution in [2.24, 2.45) is 0 Å². The summed E-state index contributed by atoms with van der Waals surface area (Å²) in [5.41, 5.74) is 1.46. The lowest BCUT2D eigenvalue weighted by molar-refractivity contribution is -0.115. The molecule has 0 bridgehead atoms. The van der Waals surface area contributed by atoms with E-state index in [0.29, 0.717) is 25.4 Å². The Hall–Kier alpha value is -2.38. The molecule has 1 fully saturated rings. The van der Waals surface area contributed by atoms with Crippen LogP contribution in [0.25, 0.3) is 0 Å². The van der Waals surface area contributed by atoms with Crippen LogP contribution >= 0.6 is 0 Å². The van der Waals surface area contributed by atoms with E-state index >= 15 is 0 Å². The Morgan fingerprint density at radius 2 is 1.59 bits per heavy atom. The molecule has 0 unspecified atom stereocenters. The maximum Gasteiger partial charge on any atom is 0.243 e. The van der Waals surface area contributed by atoms with Gasteiger partial charge >= 0.3 is 0 Å². The van der Waals surface area contributed by atoms with E-state index < -0.39 is 10.0 Å². The second kappa shape index (κ2) is 9.89. The standard InChI is InChI=1S/C22H28N2O4S/c1-2-28-20-11-7-18(8-12-20)17-22(25)23-19-9-13-21(14-10-19)29(26,27)24-15-5-3-4-6-16-24/h7-14H,2-6,15-17H2,1H3,(H,23,25). The Morgan fingerprint density at radius 3 is 2.17 bits per heavy atom. The number of nitrogens with one attached hydrogen (secondary N) is 1. The average Bonchev–Trinajstić information content (AvgIpc) is 3.00. The minimum atomic E-state index is -3.48. The maximum absolute atomic E-state index is 12.8. The molecular weight excluding hydrogens is 388 g/mol. The van der Waals surface area contributed by atoms with E-state index in [1.807, 2.05) is 31.2 Å². The fraction of sp³-hybridized carbons (Fsp3) is 0.409. The topological polar surface area (TPSA) is 75.7 Å². The van der Waals surface area contributed by atoms with Gasteiger partial charge in [-0.25, -0.2) is 8.42 Å². The summed E-state index contributed by atoms with van der Waals surface area (Å²) in [4.78, 5) is 12.6. The van der Waals surface area contributed by atoms with Gasteiger partial charge in [-0.05, 0) is 61.7 Å². The molecule has 0 aromatic heterocycles. The average molecular weight is 417 g/mol. The second-order valence-electron chi connectivity index (χ2n) is 7.14. The van der Waals surface area contributed by atoms with E-state index in [2.05, 4.69) is 5.32 Å². The van der Waals surface area contributed by atoms with Crippen LogP contribution in [0, 0.1) is 0 Å². The molecule has 3 rings (SSSR count). The van der Waals surface area contributed by atoms with E-state index in [9.17, 15) is 13.2 Å². The molecular formula is C22H28N2O4S. The molecule has 1 aliphatic heterocycles. The van der Waals surface area contributed by atoms with Crippen LogP contribution in [0.1, 0.15) is 38.2 Å². The number of carbonyl (C=O) groups is 1. The highest BCUT2D eigenvalue weighted by Gasteiger charge is 2.24. The number of amides is 1. The number of nitrogens with zero attached hydrogens (tertiary/aromatic N) is 1. The molecule has 1 heterocycles. The largest absolute Gasteiger partial charge is 0.494 e. The quantitative estimate of drug-likeness (QED) is 0.744. The Morgan fingerprint density at radius 1 is 0.966 bits per heavy atom. The summed E-state index contributed by atoms with van der Waals surface area (Å²) in [6, 6.07) is 13.8. The zero-order chi connectivity index (χ0) is 20.7. The van der Waals surface area contributed by atoms with Crippen molar-refractivity contribution in [3.8, 4) is 5.75 Å². The molecule has 1 N–H and O–H groups in total. The van der Waals surface area contributed by atoms with Crippen molar-refractivity contribution in [3.05, 3.63) is 54.1 Å². The molecule has 0 radical (unpaired) electrons. The molecule has 1 aliphatic rings. The van der Waals surface area contributed by atoms with Crippen LogP contribution in [0.3, 0.4) is 0 Å². The fourth-order valence-electron chi connectivity index (χ4n) is 3.40. The van der Waals surface area contributed by atoms with Crippen LogP contribution in [-0.2, 0) is 21.2 Å². The number of hydrogen-bond acceptors (Lipinski definition) is 4. The number of ether oxygens (including phenoxy) is 1. The third kappa shape index (κ3) is 5.81. The highest BCUT2D eigenvalue weighted by atomic mass is 32.2. The zero-order valence-electron chi connectivity index (χ0n) is 16.8. The molecule has 0 atom stereocenters. The van der Waals surface area contributed by atoms with Crippen molar-refractivity contribution in [2.45, 2.75) is 43.9 Å². The van der Waals surface area contributed by atoms with E-state index in [1.54, 1.807) is 28.6 Å². The third-order valence-electron chi connectivity index (χ3n) is 4.94. The van der Waals surface area contributed by atoms with Gasteiger partial charge in [0.25, 0.3) is 0 Å². The SMILES string of the molecule is CCOc1ccc(CC(=O)Nc2ccc(S(=O)(=O)N3CCCCCC3)cc2)cc1. The zero-order valence-corrected chi connectivity index (χ0v) is 17.6. The summed E-state index contributed by atoms with van der Waals surface area (Å²) in [5.74, 6) is 0.621. The summed E-state index contributed by atoms with van der Waals surface area (Å²) in [5, 5.41) is 2.82. The van der Waals surface area contributed by atoms with Crippen molar-refractivity contribution >= 4 is 21.6 Å². The molecule has 156 valence electrons. The Labute approximate surface area is 172 Å². The van der Waals surface area contributed by atoms with Crippen molar-refractivity contribution in [1.29, 1.82) is 0 Å². The molecule has 1 amide bonds. The van der Waals surface area contributed by atoms with Gasteiger partial charge in [-0.3, -0.25) is 4.79 Å². The van der Waals surface area contributed by atoms with Crippen molar-refractivity contribution in [3.63, 3.8) is 0 Å². The molecule has 29 heavy (non-hydrogen) atoms. The summed E-state index contributed by atoms with van der Waals surface area (Å²) in [6.07, 6.45) is 4.19. The first-order valence-corrected chi connectivity index (χ1v) is 11.5. The van der Waals surface area contributed by atoms with Crippen LogP contribution in [0.15, 0.2) is 53.4 Å². The number of hydrogen-bond donors (Lipinski definition) is 1. The van der Waals surface area contributed by atoms with E-state index in [1.165, 1.54) is 0 Å². The smallest absolute Gasteiger partial charge is 0.243 e. The van der Waals surface area contributed by atoms with E-state index in [-0.39, 0.29) is 17.2 Å². The van der Waals surface area contributed by atoms with Crippen LogP contribution in [-0.4, -0.2) is 38.3 Å². The van der Waals surface area contributed by atoms with Gasteiger partial charge in [-0.15, -0.1) is 0 Å². The predicted molar refractivity (Wildman–Crippen MR) is 114 cm³/mol. The van der Waals surface area contributed by atoms with Gasteiger partial charge in [0.1, 0.15) is 5.75 Å². The molecule has 2 aromatic carbocycles. The summed E-state index contributed by atoms with van der Waals surface area (Å²) in [7, 11) is -3.48. The van der Waals surface area contributed by atoms with Gasteiger partial charge in [0, 0.05) is 18.8 Å². The van der Waals surface area contributed by atoms with Crippen LogP contribution in [0.4, 0.5) is 5.69 Å². The fourth-order valence-corrected chi connectivity index (χ4v) is 4.92. The number of anilines is 1. The first kappa shape index (κ1) is 21.3. The minimum Gasteiger partial charge on any atom is -0.494 e. The van der Waals surface area contributed by atoms with Gasteiger partial charge in [0.2, 0.25) is 15.9 Å². The molecule has 2 aromatic rings. The van der Waals surface area contributed by atoms with Crippen LogP contribution in [0.5, 0.6) is 5.75 Å². The Balaban J connectivity index is 1.60. The lowest BCUT2D eigenvalue weighted by Crippen LogP contribution is -2.31. The third-order valence-corrected chi connectivity index (χ3v) is 6.85. The summed E-state index contributed by atoms with van der Waals surface area (Å²) >= 11 is 0.